The van der Waals surface area contributed by atoms with Gasteiger partial charge in [0.25, 0.3) is 0 Å². The standard InChI is InChI=1S/C14H7BrClFN2/c15-9-6-10-12(11(17)7-9)18-14(19-13(10)16)8-4-2-1-3-5-8/h1-7H. The van der Waals surface area contributed by atoms with Crippen molar-refractivity contribution in [2.45, 2.75) is 0 Å². The zero-order chi connectivity index (χ0) is 13.4. The van der Waals surface area contributed by atoms with Crippen molar-refractivity contribution in [3.05, 3.63) is 57.9 Å². The van der Waals surface area contributed by atoms with E-state index in [1.54, 1.807) is 6.07 Å². The molecule has 3 rings (SSSR count). The number of benzene rings is 2. The number of hydrogen-bond donors (Lipinski definition) is 0. The number of rotatable bonds is 1. The molecule has 0 aliphatic rings. The Labute approximate surface area is 122 Å². The summed E-state index contributed by atoms with van der Waals surface area (Å²) >= 11 is 9.34. The van der Waals surface area contributed by atoms with Crippen LogP contribution in [-0.4, -0.2) is 9.97 Å². The maximum absolute atomic E-state index is 13.9. The van der Waals surface area contributed by atoms with Gasteiger partial charge < -0.3 is 0 Å². The summed E-state index contributed by atoms with van der Waals surface area (Å²) in [5.41, 5.74) is 1.02. The smallest absolute Gasteiger partial charge is 0.161 e. The molecule has 0 fully saturated rings. The van der Waals surface area contributed by atoms with Crippen LogP contribution < -0.4 is 0 Å². The molecule has 2 aromatic carbocycles. The average Bonchev–Trinajstić information content (AvgIpc) is 2.41. The fourth-order valence-corrected chi connectivity index (χ4v) is 2.49. The summed E-state index contributed by atoms with van der Waals surface area (Å²) in [6.45, 7) is 0. The van der Waals surface area contributed by atoms with Crippen molar-refractivity contribution in [2.75, 3.05) is 0 Å². The molecule has 0 N–H and O–H groups in total. The molecule has 0 saturated heterocycles. The van der Waals surface area contributed by atoms with Crippen molar-refractivity contribution in [3.8, 4) is 11.4 Å². The van der Waals surface area contributed by atoms with Crippen molar-refractivity contribution in [1.82, 2.24) is 9.97 Å². The molecule has 2 nitrogen and oxygen atoms in total. The van der Waals surface area contributed by atoms with Gasteiger partial charge in [-0.1, -0.05) is 57.9 Å². The molecule has 3 aromatic rings. The predicted octanol–water partition coefficient (Wildman–Crippen LogP) is 4.85. The van der Waals surface area contributed by atoms with Crippen molar-refractivity contribution in [3.63, 3.8) is 0 Å². The fourth-order valence-electron chi connectivity index (χ4n) is 1.84. The number of nitrogens with zero attached hydrogens (tertiary/aromatic N) is 2. The lowest BCUT2D eigenvalue weighted by molar-refractivity contribution is 0.636. The van der Waals surface area contributed by atoms with Crippen LogP contribution in [0.4, 0.5) is 4.39 Å². The molecule has 1 aromatic heterocycles. The van der Waals surface area contributed by atoms with Crippen LogP contribution >= 0.6 is 27.5 Å². The number of fused-ring (bicyclic) bond motifs is 1. The molecule has 0 atom stereocenters. The van der Waals surface area contributed by atoms with Crippen molar-refractivity contribution >= 4 is 38.4 Å². The quantitative estimate of drug-likeness (QED) is 0.593. The molecule has 0 amide bonds. The summed E-state index contributed by atoms with van der Waals surface area (Å²) in [7, 11) is 0. The number of halogens is 3. The van der Waals surface area contributed by atoms with Gasteiger partial charge >= 0.3 is 0 Å². The Hall–Kier alpha value is -1.52. The highest BCUT2D eigenvalue weighted by Crippen LogP contribution is 2.29. The van der Waals surface area contributed by atoms with Crippen LogP contribution in [0, 0.1) is 5.82 Å². The van der Waals surface area contributed by atoms with E-state index in [2.05, 4.69) is 25.9 Å². The van der Waals surface area contributed by atoms with Crippen molar-refractivity contribution < 1.29 is 4.39 Å². The van der Waals surface area contributed by atoms with E-state index in [9.17, 15) is 4.39 Å². The first-order chi connectivity index (χ1) is 9.15. The third-order valence-corrected chi connectivity index (χ3v) is 3.45. The zero-order valence-electron chi connectivity index (χ0n) is 9.57. The van der Waals surface area contributed by atoms with Crippen molar-refractivity contribution in [1.29, 1.82) is 0 Å². The highest BCUT2D eigenvalue weighted by molar-refractivity contribution is 9.10. The molecule has 0 aliphatic carbocycles. The third-order valence-electron chi connectivity index (χ3n) is 2.70. The summed E-state index contributed by atoms with van der Waals surface area (Å²) in [5, 5.41) is 0.734. The second-order valence-electron chi connectivity index (χ2n) is 3.99. The van der Waals surface area contributed by atoms with Crippen LogP contribution in [0.15, 0.2) is 46.9 Å². The minimum atomic E-state index is -0.425. The predicted molar refractivity (Wildman–Crippen MR) is 77.6 cm³/mol. The monoisotopic (exact) mass is 336 g/mol. The highest BCUT2D eigenvalue weighted by atomic mass is 79.9. The van der Waals surface area contributed by atoms with Crippen LogP contribution in [-0.2, 0) is 0 Å². The summed E-state index contributed by atoms with van der Waals surface area (Å²) < 4.78 is 14.6. The summed E-state index contributed by atoms with van der Waals surface area (Å²) in [5.74, 6) is -0.00909. The normalized spacial score (nSPS) is 10.9. The Bertz CT molecular complexity index is 762. The van der Waals surface area contributed by atoms with E-state index < -0.39 is 5.82 Å². The molecule has 0 spiro atoms. The molecular formula is C14H7BrClFN2. The first kappa shape index (κ1) is 12.5. The Morgan fingerprint density at radius 3 is 2.53 bits per heavy atom. The minimum Gasteiger partial charge on any atom is -0.225 e. The zero-order valence-corrected chi connectivity index (χ0v) is 11.9. The van der Waals surface area contributed by atoms with Crippen LogP contribution in [0.2, 0.25) is 5.15 Å². The first-order valence-electron chi connectivity index (χ1n) is 5.53. The second kappa shape index (κ2) is 4.87. The van der Waals surface area contributed by atoms with E-state index in [1.807, 2.05) is 30.3 Å². The van der Waals surface area contributed by atoms with E-state index in [1.165, 1.54) is 6.07 Å². The fraction of sp³-hybridized carbons (Fsp3) is 0. The number of aromatic nitrogens is 2. The van der Waals surface area contributed by atoms with Crippen molar-refractivity contribution in [2.24, 2.45) is 0 Å². The highest BCUT2D eigenvalue weighted by Gasteiger charge is 2.12. The largest absolute Gasteiger partial charge is 0.225 e. The van der Waals surface area contributed by atoms with E-state index in [0.717, 1.165) is 5.56 Å². The Morgan fingerprint density at radius 1 is 1.05 bits per heavy atom. The van der Waals surface area contributed by atoms with Gasteiger partial charge in [-0.15, -0.1) is 0 Å². The van der Waals surface area contributed by atoms with E-state index in [0.29, 0.717) is 15.7 Å². The summed E-state index contributed by atoms with van der Waals surface area (Å²) in [4.78, 5) is 8.48. The minimum absolute atomic E-state index is 0.224. The van der Waals surface area contributed by atoms with Gasteiger partial charge in [0.05, 0.1) is 0 Å². The topological polar surface area (TPSA) is 25.8 Å². The third kappa shape index (κ3) is 2.33. The Kier molecular flexibility index (Phi) is 3.21. The molecule has 5 heteroatoms. The molecule has 94 valence electrons. The Balaban J connectivity index is 2.31. The van der Waals surface area contributed by atoms with E-state index >= 15 is 0 Å². The van der Waals surface area contributed by atoms with Crippen LogP contribution in [0.5, 0.6) is 0 Å². The van der Waals surface area contributed by atoms with E-state index in [4.69, 9.17) is 11.6 Å². The van der Waals surface area contributed by atoms with Gasteiger partial charge in [-0.05, 0) is 12.1 Å². The first-order valence-corrected chi connectivity index (χ1v) is 6.70. The van der Waals surface area contributed by atoms with Crippen LogP contribution in [0.3, 0.4) is 0 Å². The molecular weight excluding hydrogens is 331 g/mol. The van der Waals surface area contributed by atoms with Crippen LogP contribution in [0.25, 0.3) is 22.3 Å². The van der Waals surface area contributed by atoms with E-state index in [-0.39, 0.29) is 10.7 Å². The van der Waals surface area contributed by atoms with Gasteiger partial charge in [0.1, 0.15) is 10.7 Å². The lowest BCUT2D eigenvalue weighted by Crippen LogP contribution is -1.94. The Morgan fingerprint density at radius 2 is 1.79 bits per heavy atom. The summed E-state index contributed by atoms with van der Waals surface area (Å²) in [6, 6.07) is 12.4. The molecule has 0 unspecified atom stereocenters. The molecule has 1 heterocycles. The lowest BCUT2D eigenvalue weighted by atomic mass is 10.2. The van der Waals surface area contributed by atoms with Gasteiger partial charge in [-0.2, -0.15) is 0 Å². The molecule has 0 bridgehead atoms. The lowest BCUT2D eigenvalue weighted by Gasteiger charge is -2.06. The second-order valence-corrected chi connectivity index (χ2v) is 5.26. The maximum Gasteiger partial charge on any atom is 0.161 e. The van der Waals surface area contributed by atoms with Gasteiger partial charge in [0.2, 0.25) is 0 Å². The SMILES string of the molecule is Fc1cc(Br)cc2c(Cl)nc(-c3ccccc3)nc12. The molecule has 0 radical (unpaired) electrons. The number of hydrogen-bond acceptors (Lipinski definition) is 2. The van der Waals surface area contributed by atoms with Gasteiger partial charge in [-0.25, -0.2) is 14.4 Å². The van der Waals surface area contributed by atoms with Gasteiger partial charge in [0, 0.05) is 15.4 Å². The molecule has 0 aliphatic heterocycles. The van der Waals surface area contributed by atoms with Gasteiger partial charge in [0.15, 0.2) is 11.6 Å². The molecule has 0 saturated carbocycles. The summed E-state index contributed by atoms with van der Waals surface area (Å²) in [6.07, 6.45) is 0. The maximum atomic E-state index is 13.9. The molecule has 19 heavy (non-hydrogen) atoms. The average molecular weight is 338 g/mol. The van der Waals surface area contributed by atoms with Gasteiger partial charge in [-0.3, -0.25) is 0 Å². The van der Waals surface area contributed by atoms with Crippen LogP contribution in [0.1, 0.15) is 0 Å².